The van der Waals surface area contributed by atoms with Crippen LogP contribution < -0.4 is 5.32 Å². The molecule has 1 N–H and O–H groups in total. The van der Waals surface area contributed by atoms with Crippen LogP contribution in [0.25, 0.3) is 10.4 Å². The average Bonchev–Trinajstić information content (AvgIpc) is 3.00. The number of nitrogens with zero attached hydrogens (tertiary/aromatic N) is 1. The van der Waals surface area contributed by atoms with Gasteiger partial charge in [0.1, 0.15) is 0 Å². The van der Waals surface area contributed by atoms with Crippen molar-refractivity contribution in [3.8, 4) is 10.4 Å². The molecule has 0 aliphatic rings. The molecule has 118 valence electrons. The van der Waals surface area contributed by atoms with Gasteiger partial charge in [0.05, 0.1) is 4.92 Å². The van der Waals surface area contributed by atoms with E-state index in [-0.39, 0.29) is 10.6 Å². The van der Waals surface area contributed by atoms with Crippen molar-refractivity contribution in [2.24, 2.45) is 0 Å². The first-order valence-corrected chi connectivity index (χ1v) is 8.05. The van der Waals surface area contributed by atoms with Crippen molar-refractivity contribution in [3.63, 3.8) is 0 Å². The summed E-state index contributed by atoms with van der Waals surface area (Å²) in [5.74, 6) is 0. The number of nitro groups is 1. The van der Waals surface area contributed by atoms with Crippen LogP contribution in [0.4, 0.5) is 5.69 Å². The maximum Gasteiger partial charge on any atom is 0.269 e. The lowest BCUT2D eigenvalue weighted by Crippen LogP contribution is -2.14. The van der Waals surface area contributed by atoms with E-state index in [4.69, 9.17) is 4.74 Å². The Morgan fingerprint density at radius 3 is 2.64 bits per heavy atom. The molecule has 0 bridgehead atoms. The third-order valence-electron chi connectivity index (χ3n) is 3.28. The summed E-state index contributed by atoms with van der Waals surface area (Å²) in [4.78, 5) is 12.7. The second-order valence-corrected chi connectivity index (χ2v) is 6.11. The Morgan fingerprint density at radius 1 is 1.18 bits per heavy atom. The van der Waals surface area contributed by atoms with Crippen molar-refractivity contribution in [3.05, 3.63) is 51.4 Å². The summed E-state index contributed by atoms with van der Waals surface area (Å²) in [7, 11) is 1.72. The van der Waals surface area contributed by atoms with Gasteiger partial charge in [0.25, 0.3) is 5.69 Å². The fourth-order valence-corrected chi connectivity index (χ4v) is 3.07. The Morgan fingerprint density at radius 2 is 1.95 bits per heavy atom. The van der Waals surface area contributed by atoms with Crippen molar-refractivity contribution >= 4 is 17.0 Å². The minimum atomic E-state index is -0.378. The number of thiophene rings is 1. The molecule has 1 aromatic heterocycles. The molecule has 1 heterocycles. The highest BCUT2D eigenvalue weighted by atomic mass is 32.1. The SMILES string of the molecule is COCCCCNCc1ccc(-c2ccc([N+](=O)[O-])cc2)s1. The van der Waals surface area contributed by atoms with E-state index in [0.717, 1.165) is 43.0 Å². The van der Waals surface area contributed by atoms with Gasteiger partial charge in [-0.2, -0.15) is 0 Å². The Kier molecular flexibility index (Phi) is 6.51. The van der Waals surface area contributed by atoms with Crippen LogP contribution in [0.2, 0.25) is 0 Å². The predicted octanol–water partition coefficient (Wildman–Crippen LogP) is 3.84. The molecule has 0 amide bonds. The largest absolute Gasteiger partial charge is 0.385 e. The summed E-state index contributed by atoms with van der Waals surface area (Å²) in [6.07, 6.45) is 2.18. The number of ether oxygens (including phenoxy) is 1. The van der Waals surface area contributed by atoms with Crippen LogP contribution in [-0.4, -0.2) is 25.2 Å². The molecule has 0 radical (unpaired) electrons. The Bertz CT molecular complexity index is 596. The van der Waals surface area contributed by atoms with Gasteiger partial charge >= 0.3 is 0 Å². The smallest absolute Gasteiger partial charge is 0.269 e. The monoisotopic (exact) mass is 320 g/mol. The lowest BCUT2D eigenvalue weighted by molar-refractivity contribution is -0.384. The normalized spacial score (nSPS) is 10.8. The van der Waals surface area contributed by atoms with E-state index >= 15 is 0 Å². The van der Waals surface area contributed by atoms with E-state index in [2.05, 4.69) is 17.4 Å². The van der Waals surface area contributed by atoms with Gasteiger partial charge in [-0.15, -0.1) is 11.3 Å². The van der Waals surface area contributed by atoms with Gasteiger partial charge in [0.15, 0.2) is 0 Å². The standard InChI is InChI=1S/C16H20N2O3S/c1-21-11-3-2-10-17-12-15-8-9-16(22-15)13-4-6-14(7-5-13)18(19)20/h4-9,17H,2-3,10-12H2,1H3. The molecule has 0 saturated carbocycles. The molecule has 0 unspecified atom stereocenters. The zero-order chi connectivity index (χ0) is 15.8. The van der Waals surface area contributed by atoms with Gasteiger partial charge < -0.3 is 10.1 Å². The molecule has 2 rings (SSSR count). The fraction of sp³-hybridized carbons (Fsp3) is 0.375. The molecule has 22 heavy (non-hydrogen) atoms. The second kappa shape index (κ2) is 8.63. The highest BCUT2D eigenvalue weighted by molar-refractivity contribution is 7.15. The number of nitrogens with one attached hydrogen (secondary N) is 1. The van der Waals surface area contributed by atoms with Crippen LogP contribution in [0.1, 0.15) is 17.7 Å². The first-order chi connectivity index (χ1) is 10.7. The highest BCUT2D eigenvalue weighted by Crippen LogP contribution is 2.29. The second-order valence-electron chi connectivity index (χ2n) is 4.95. The fourth-order valence-electron chi connectivity index (χ4n) is 2.08. The summed E-state index contributed by atoms with van der Waals surface area (Å²) in [5.41, 5.74) is 1.14. The molecular formula is C16H20N2O3S. The highest BCUT2D eigenvalue weighted by Gasteiger charge is 2.07. The number of hydrogen-bond acceptors (Lipinski definition) is 5. The molecule has 2 aromatic rings. The summed E-state index contributed by atoms with van der Waals surface area (Å²) in [5, 5.41) is 14.1. The zero-order valence-electron chi connectivity index (χ0n) is 12.6. The first kappa shape index (κ1) is 16.6. The van der Waals surface area contributed by atoms with Crippen molar-refractivity contribution < 1.29 is 9.66 Å². The van der Waals surface area contributed by atoms with Crippen LogP contribution in [0, 0.1) is 10.1 Å². The number of unbranched alkanes of at least 4 members (excludes halogenated alkanes) is 1. The summed E-state index contributed by atoms with van der Waals surface area (Å²) < 4.78 is 5.01. The Labute approximate surface area is 134 Å². The van der Waals surface area contributed by atoms with Crippen LogP contribution in [0.15, 0.2) is 36.4 Å². The maximum atomic E-state index is 10.7. The third-order valence-corrected chi connectivity index (χ3v) is 4.41. The molecule has 5 nitrogen and oxygen atoms in total. The lowest BCUT2D eigenvalue weighted by Gasteiger charge is -2.02. The van der Waals surface area contributed by atoms with Gasteiger partial charge in [0.2, 0.25) is 0 Å². The average molecular weight is 320 g/mol. The molecule has 0 aliphatic heterocycles. The molecule has 0 aliphatic carbocycles. The van der Waals surface area contributed by atoms with Crippen LogP contribution >= 0.6 is 11.3 Å². The number of hydrogen-bond donors (Lipinski definition) is 1. The topological polar surface area (TPSA) is 64.4 Å². The Balaban J connectivity index is 1.84. The van der Waals surface area contributed by atoms with E-state index < -0.39 is 0 Å². The van der Waals surface area contributed by atoms with Crippen LogP contribution in [0.5, 0.6) is 0 Å². The van der Waals surface area contributed by atoms with Crippen molar-refractivity contribution in [1.82, 2.24) is 5.32 Å². The number of benzene rings is 1. The van der Waals surface area contributed by atoms with Crippen molar-refractivity contribution in [2.75, 3.05) is 20.3 Å². The molecular weight excluding hydrogens is 300 g/mol. The minimum Gasteiger partial charge on any atom is -0.385 e. The van der Waals surface area contributed by atoms with E-state index in [0.29, 0.717) is 0 Å². The molecule has 0 fully saturated rings. The van der Waals surface area contributed by atoms with E-state index in [1.807, 2.05) is 0 Å². The predicted molar refractivity (Wildman–Crippen MR) is 89.2 cm³/mol. The number of methoxy groups -OCH3 is 1. The van der Waals surface area contributed by atoms with Gasteiger partial charge in [-0.1, -0.05) is 0 Å². The van der Waals surface area contributed by atoms with Gasteiger partial charge in [-0.3, -0.25) is 10.1 Å². The number of nitro benzene ring substituents is 1. The molecule has 1 aromatic carbocycles. The van der Waals surface area contributed by atoms with Crippen LogP contribution in [-0.2, 0) is 11.3 Å². The maximum absolute atomic E-state index is 10.7. The summed E-state index contributed by atoms with van der Waals surface area (Å²) >= 11 is 1.71. The van der Waals surface area contributed by atoms with E-state index in [1.165, 1.54) is 4.88 Å². The molecule has 0 spiro atoms. The Hall–Kier alpha value is -1.76. The molecule has 6 heteroatoms. The van der Waals surface area contributed by atoms with E-state index in [1.54, 1.807) is 42.7 Å². The molecule has 0 saturated heterocycles. The first-order valence-electron chi connectivity index (χ1n) is 7.24. The minimum absolute atomic E-state index is 0.123. The van der Waals surface area contributed by atoms with Crippen molar-refractivity contribution in [2.45, 2.75) is 19.4 Å². The number of rotatable bonds is 9. The zero-order valence-corrected chi connectivity index (χ0v) is 13.4. The molecule has 0 atom stereocenters. The van der Waals surface area contributed by atoms with Gasteiger partial charge in [-0.25, -0.2) is 0 Å². The van der Waals surface area contributed by atoms with Crippen LogP contribution in [0.3, 0.4) is 0 Å². The third kappa shape index (κ3) is 4.91. The lowest BCUT2D eigenvalue weighted by atomic mass is 10.2. The summed E-state index contributed by atoms with van der Waals surface area (Å²) in [6, 6.07) is 10.8. The quantitative estimate of drug-likeness (QED) is 0.433. The van der Waals surface area contributed by atoms with Crippen molar-refractivity contribution in [1.29, 1.82) is 0 Å². The van der Waals surface area contributed by atoms with Gasteiger partial charge in [-0.05, 0) is 49.2 Å². The number of non-ortho nitro benzene ring substituents is 1. The van der Waals surface area contributed by atoms with E-state index in [9.17, 15) is 10.1 Å². The van der Waals surface area contributed by atoms with Gasteiger partial charge in [0, 0.05) is 42.1 Å². The summed E-state index contributed by atoms with van der Waals surface area (Å²) in [6.45, 7) is 2.64.